The maximum absolute atomic E-state index is 12.9. The van der Waals surface area contributed by atoms with Crippen molar-refractivity contribution in [3.8, 4) is 5.75 Å². The zero-order chi connectivity index (χ0) is 20.1. The number of nitrogens with zero attached hydrogens (tertiary/aromatic N) is 3. The summed E-state index contributed by atoms with van der Waals surface area (Å²) in [6.07, 6.45) is 3.35. The highest BCUT2D eigenvalue weighted by Gasteiger charge is 2.24. The number of methoxy groups -OCH3 is 1. The second kappa shape index (κ2) is 9.33. The van der Waals surface area contributed by atoms with Gasteiger partial charge in [-0.2, -0.15) is 0 Å². The van der Waals surface area contributed by atoms with Crippen molar-refractivity contribution < 1.29 is 18.3 Å². The highest BCUT2D eigenvalue weighted by atomic mass is 35.5. The summed E-state index contributed by atoms with van der Waals surface area (Å²) in [5, 5.41) is 0.637. The van der Waals surface area contributed by atoms with Crippen molar-refractivity contribution in [3.05, 3.63) is 52.8 Å². The molecule has 1 aromatic heterocycles. The van der Waals surface area contributed by atoms with Crippen LogP contribution in [0.4, 0.5) is 5.69 Å². The van der Waals surface area contributed by atoms with Gasteiger partial charge in [-0.05, 0) is 23.8 Å². The second-order valence-electron chi connectivity index (χ2n) is 6.29. The number of aromatic nitrogens is 1. The van der Waals surface area contributed by atoms with Gasteiger partial charge in [0.05, 0.1) is 17.7 Å². The predicted molar refractivity (Wildman–Crippen MR) is 106 cm³/mol. The number of pyridine rings is 1. The Morgan fingerprint density at radius 3 is 2.71 bits per heavy atom. The summed E-state index contributed by atoms with van der Waals surface area (Å²) in [7, 11) is 1.44. The minimum Gasteiger partial charge on any atom is -0.755 e. The van der Waals surface area contributed by atoms with Crippen LogP contribution in [-0.4, -0.2) is 62.7 Å². The maximum Gasteiger partial charge on any atom is 0.257 e. The third kappa shape index (κ3) is 4.99. The molecule has 1 aliphatic rings. The van der Waals surface area contributed by atoms with E-state index in [0.717, 1.165) is 18.7 Å². The molecule has 2 aromatic rings. The zero-order valence-corrected chi connectivity index (χ0v) is 16.8. The lowest BCUT2D eigenvalue weighted by molar-refractivity contribution is 0.0625. The molecule has 0 bridgehead atoms. The molecule has 28 heavy (non-hydrogen) atoms. The molecule has 1 N–H and O–H groups in total. The third-order valence-corrected chi connectivity index (χ3v) is 5.29. The van der Waals surface area contributed by atoms with E-state index in [1.807, 2.05) is 6.07 Å². The molecule has 0 spiro atoms. The van der Waals surface area contributed by atoms with E-state index >= 15 is 0 Å². The van der Waals surface area contributed by atoms with Gasteiger partial charge in [0.2, 0.25) is 0 Å². The van der Waals surface area contributed by atoms with Gasteiger partial charge in [0, 0.05) is 68.1 Å². The maximum atomic E-state index is 12.9. The molecule has 2 heterocycles. The highest BCUT2D eigenvalue weighted by molar-refractivity contribution is 7.80. The van der Waals surface area contributed by atoms with E-state index in [1.165, 1.54) is 19.2 Å². The Morgan fingerprint density at radius 2 is 2.07 bits per heavy atom. The Bertz CT molecular complexity index is 874. The fourth-order valence-corrected chi connectivity index (χ4v) is 3.58. The lowest BCUT2D eigenvalue weighted by Crippen LogP contribution is -2.48. The minimum absolute atomic E-state index is 0.145. The van der Waals surface area contributed by atoms with Crippen LogP contribution < -0.4 is 9.46 Å². The summed E-state index contributed by atoms with van der Waals surface area (Å²) in [6.45, 7) is 3.31. The van der Waals surface area contributed by atoms with Crippen LogP contribution in [0, 0.1) is 0 Å². The average molecular weight is 424 g/mol. The topological polar surface area (TPSA) is 97.8 Å². The van der Waals surface area contributed by atoms with Crippen molar-refractivity contribution in [1.82, 2.24) is 14.8 Å². The summed E-state index contributed by atoms with van der Waals surface area (Å²) in [4.78, 5) is 20.9. The third-order valence-electron chi connectivity index (χ3n) is 4.54. The van der Waals surface area contributed by atoms with Gasteiger partial charge in [-0.25, -0.2) is 0 Å². The number of hydrogen-bond donors (Lipinski definition) is 1. The Balaban J connectivity index is 1.63. The molecule has 1 saturated heterocycles. The molecule has 150 valence electrons. The van der Waals surface area contributed by atoms with Crippen LogP contribution >= 0.6 is 11.6 Å². The molecule has 0 radical (unpaired) electrons. The van der Waals surface area contributed by atoms with E-state index in [-0.39, 0.29) is 5.91 Å². The van der Waals surface area contributed by atoms with E-state index in [0.29, 0.717) is 41.7 Å². The Morgan fingerprint density at radius 1 is 1.32 bits per heavy atom. The number of amides is 1. The number of anilines is 1. The molecular formula is C18H20ClN4O4S-. The first-order chi connectivity index (χ1) is 13.5. The fraction of sp³-hybridized carbons (Fsp3) is 0.333. The van der Waals surface area contributed by atoms with Gasteiger partial charge in [-0.1, -0.05) is 11.6 Å². The molecule has 8 nitrogen and oxygen atoms in total. The summed E-state index contributed by atoms with van der Waals surface area (Å²) in [5.74, 6) is 0.180. The lowest BCUT2D eigenvalue weighted by Gasteiger charge is -2.35. The molecule has 1 aromatic carbocycles. The van der Waals surface area contributed by atoms with Crippen molar-refractivity contribution in [3.63, 3.8) is 0 Å². The Kier molecular flexibility index (Phi) is 6.84. The van der Waals surface area contributed by atoms with Crippen molar-refractivity contribution >= 4 is 34.5 Å². The van der Waals surface area contributed by atoms with Gasteiger partial charge in [0.15, 0.2) is 0 Å². The predicted octanol–water partition coefficient (Wildman–Crippen LogP) is 1.91. The van der Waals surface area contributed by atoms with E-state index < -0.39 is 11.3 Å². The second-order valence-corrected chi connectivity index (χ2v) is 7.37. The Hall–Kier alpha value is -2.20. The van der Waals surface area contributed by atoms with Gasteiger partial charge in [0.1, 0.15) is 5.75 Å². The molecule has 1 unspecified atom stereocenters. The smallest absolute Gasteiger partial charge is 0.257 e. The van der Waals surface area contributed by atoms with Crippen molar-refractivity contribution in [2.75, 3.05) is 38.0 Å². The van der Waals surface area contributed by atoms with Crippen LogP contribution in [-0.2, 0) is 17.8 Å². The van der Waals surface area contributed by atoms with Gasteiger partial charge in [0.25, 0.3) is 5.91 Å². The highest BCUT2D eigenvalue weighted by Crippen LogP contribution is 2.25. The summed E-state index contributed by atoms with van der Waals surface area (Å²) in [6, 6.07) is 6.49. The fourth-order valence-electron chi connectivity index (χ4n) is 3.08. The normalized spacial score (nSPS) is 15.9. The summed E-state index contributed by atoms with van der Waals surface area (Å²) in [5.41, 5.74) is 1.74. The van der Waals surface area contributed by atoms with Crippen LogP contribution in [0.3, 0.4) is 0 Å². The van der Waals surface area contributed by atoms with Crippen molar-refractivity contribution in [2.45, 2.75) is 6.54 Å². The SMILES string of the molecule is COc1cc(NS(=O)[O-])ccc1C(=O)N1CCN(Cc2ccncc2Cl)CC1. The molecular weight excluding hydrogens is 404 g/mol. The number of nitrogens with one attached hydrogen (secondary N) is 1. The first-order valence-electron chi connectivity index (χ1n) is 8.62. The van der Waals surface area contributed by atoms with Crippen molar-refractivity contribution in [1.29, 1.82) is 0 Å². The molecule has 10 heteroatoms. The molecule has 1 fully saturated rings. The number of benzene rings is 1. The number of ether oxygens (including phenoxy) is 1. The van der Waals surface area contributed by atoms with Crippen LogP contribution in [0.25, 0.3) is 0 Å². The molecule has 3 rings (SSSR count). The zero-order valence-electron chi connectivity index (χ0n) is 15.3. The number of carbonyl (C=O) groups excluding carboxylic acids is 1. The van der Waals surface area contributed by atoms with Gasteiger partial charge in [-0.3, -0.25) is 18.9 Å². The van der Waals surface area contributed by atoms with E-state index in [2.05, 4.69) is 14.6 Å². The first-order valence-corrected chi connectivity index (χ1v) is 10.1. The van der Waals surface area contributed by atoms with E-state index in [1.54, 1.807) is 23.4 Å². The number of carbonyl (C=O) groups is 1. The molecule has 0 saturated carbocycles. The quantitative estimate of drug-likeness (QED) is 0.713. The standard InChI is InChI=1S/C18H21ClN4O4S/c1-27-17-10-14(21-28(25)26)2-3-15(17)18(24)23-8-6-22(7-9-23)12-13-4-5-20-11-16(13)19/h2-5,10-11,21H,6-9,12H2,1H3,(H,25,26)/p-1. The van der Waals surface area contributed by atoms with E-state index in [9.17, 15) is 13.6 Å². The number of piperazine rings is 1. The summed E-state index contributed by atoms with van der Waals surface area (Å²) >= 11 is 3.73. The molecule has 1 aliphatic heterocycles. The van der Waals surface area contributed by atoms with Crippen LogP contribution in [0.5, 0.6) is 5.75 Å². The Labute approximate surface area is 170 Å². The van der Waals surface area contributed by atoms with Gasteiger partial charge >= 0.3 is 0 Å². The number of hydrogen-bond acceptors (Lipinski definition) is 6. The lowest BCUT2D eigenvalue weighted by atomic mass is 10.1. The first kappa shape index (κ1) is 20.5. The van der Waals surface area contributed by atoms with Crippen LogP contribution in [0.15, 0.2) is 36.7 Å². The average Bonchev–Trinajstić information content (AvgIpc) is 2.69. The van der Waals surface area contributed by atoms with Crippen LogP contribution in [0.1, 0.15) is 15.9 Å². The molecule has 1 amide bonds. The van der Waals surface area contributed by atoms with E-state index in [4.69, 9.17) is 16.3 Å². The monoisotopic (exact) mass is 423 g/mol. The summed E-state index contributed by atoms with van der Waals surface area (Å²) < 4.78 is 29.1. The van der Waals surface area contributed by atoms with Crippen LogP contribution in [0.2, 0.25) is 5.02 Å². The minimum atomic E-state index is -2.44. The van der Waals surface area contributed by atoms with Crippen molar-refractivity contribution in [2.24, 2.45) is 0 Å². The molecule has 1 atom stereocenters. The number of rotatable bonds is 6. The number of halogens is 1. The van der Waals surface area contributed by atoms with Gasteiger partial charge in [-0.15, -0.1) is 0 Å². The molecule has 0 aliphatic carbocycles. The largest absolute Gasteiger partial charge is 0.755 e. The van der Waals surface area contributed by atoms with Gasteiger partial charge < -0.3 is 18.9 Å².